The Hall–Kier alpha value is -2.82. The second kappa shape index (κ2) is 12.7. The molecule has 0 aliphatic carbocycles. The van der Waals surface area contributed by atoms with E-state index in [1.54, 1.807) is 42.5 Å². The first-order chi connectivity index (χ1) is 14.5. The van der Waals surface area contributed by atoms with E-state index >= 15 is 0 Å². The largest absolute Gasteiger partial charge is 0.487 e. The Morgan fingerprint density at radius 1 is 0.767 bits per heavy atom. The average Bonchev–Trinajstić information content (AvgIpc) is 2.74. The van der Waals surface area contributed by atoms with Crippen LogP contribution in [-0.4, -0.2) is 24.6 Å². The molecule has 0 fully saturated rings. The molecule has 0 aliphatic heterocycles. The normalized spacial score (nSPS) is 10.7. The van der Waals surface area contributed by atoms with Crippen molar-refractivity contribution in [3.8, 4) is 11.5 Å². The van der Waals surface area contributed by atoms with Gasteiger partial charge in [0, 0.05) is 0 Å². The molecule has 0 radical (unpaired) electrons. The lowest BCUT2D eigenvalue weighted by Crippen LogP contribution is -2.17. The van der Waals surface area contributed by atoms with Crippen molar-refractivity contribution in [3.05, 3.63) is 59.7 Å². The van der Waals surface area contributed by atoms with Crippen molar-refractivity contribution in [1.82, 2.24) is 0 Å². The van der Waals surface area contributed by atoms with E-state index in [9.17, 15) is 9.59 Å². The minimum absolute atomic E-state index is 0.0610. The van der Waals surface area contributed by atoms with E-state index in [-0.39, 0.29) is 17.2 Å². The Bertz CT molecular complexity index is 813. The molecule has 0 spiro atoms. The molecule has 0 unspecified atom stereocenters. The van der Waals surface area contributed by atoms with Crippen molar-refractivity contribution in [2.45, 2.75) is 65.4 Å². The molecule has 2 rings (SSSR count). The van der Waals surface area contributed by atoms with E-state index in [0.29, 0.717) is 18.1 Å². The molecule has 5 heteroatoms. The average molecular weight is 413 g/mol. The van der Waals surface area contributed by atoms with Gasteiger partial charge in [-0.1, -0.05) is 63.3 Å². The summed E-state index contributed by atoms with van der Waals surface area (Å²) in [5.74, 6) is -0.347. The maximum atomic E-state index is 12.8. The summed E-state index contributed by atoms with van der Waals surface area (Å²) in [6.45, 7) is 6.32. The molecule has 0 heterocycles. The highest BCUT2D eigenvalue weighted by atomic mass is 16.6. The van der Waals surface area contributed by atoms with Crippen LogP contribution < -0.4 is 9.47 Å². The van der Waals surface area contributed by atoms with E-state index < -0.39 is 11.9 Å². The van der Waals surface area contributed by atoms with Crippen LogP contribution in [0.3, 0.4) is 0 Å². The lowest BCUT2D eigenvalue weighted by atomic mass is 10.1. The van der Waals surface area contributed by atoms with E-state index in [0.717, 1.165) is 19.3 Å². The van der Waals surface area contributed by atoms with Gasteiger partial charge in [0.2, 0.25) is 0 Å². The van der Waals surface area contributed by atoms with E-state index in [1.807, 2.05) is 19.9 Å². The number of benzene rings is 2. The molecule has 0 saturated carbocycles. The van der Waals surface area contributed by atoms with Gasteiger partial charge in [0.25, 0.3) is 0 Å². The zero-order valence-corrected chi connectivity index (χ0v) is 18.2. The lowest BCUT2D eigenvalue weighted by Gasteiger charge is -2.14. The quantitative estimate of drug-likeness (QED) is 0.236. The number of hydrogen-bond donors (Lipinski definition) is 0. The van der Waals surface area contributed by atoms with E-state index in [2.05, 4.69) is 6.92 Å². The fourth-order valence-electron chi connectivity index (χ4n) is 3.00. The maximum Gasteiger partial charge on any atom is 0.344 e. The van der Waals surface area contributed by atoms with Gasteiger partial charge in [0.1, 0.15) is 0 Å². The molecule has 2 aromatic rings. The van der Waals surface area contributed by atoms with Crippen molar-refractivity contribution in [2.24, 2.45) is 0 Å². The first-order valence-electron chi connectivity index (χ1n) is 10.8. The van der Waals surface area contributed by atoms with Crippen LogP contribution in [0.4, 0.5) is 0 Å². The maximum absolute atomic E-state index is 12.8. The fourth-order valence-corrected chi connectivity index (χ4v) is 3.00. The number of unbranched alkanes of at least 4 members (excludes halogenated alkanes) is 5. The minimum atomic E-state index is -0.623. The number of esters is 2. The van der Waals surface area contributed by atoms with Gasteiger partial charge in [-0.25, -0.2) is 9.59 Å². The Labute approximate surface area is 179 Å². The third-order valence-electron chi connectivity index (χ3n) is 4.51. The number of carbonyl (C=O) groups is 2. The zero-order chi connectivity index (χ0) is 21.8. The lowest BCUT2D eigenvalue weighted by molar-refractivity contribution is 0.0489. The monoisotopic (exact) mass is 412 g/mol. The molecular weight excluding hydrogens is 380 g/mol. The van der Waals surface area contributed by atoms with Gasteiger partial charge >= 0.3 is 11.9 Å². The van der Waals surface area contributed by atoms with Gasteiger partial charge < -0.3 is 14.2 Å². The molecular formula is C25H32O5. The molecule has 0 saturated heterocycles. The molecule has 0 atom stereocenters. The highest BCUT2D eigenvalue weighted by molar-refractivity contribution is 6.03. The molecule has 162 valence electrons. The third-order valence-corrected chi connectivity index (χ3v) is 4.51. The van der Waals surface area contributed by atoms with E-state index in [1.165, 1.54) is 19.3 Å². The fraction of sp³-hybridized carbons (Fsp3) is 0.440. The van der Waals surface area contributed by atoms with Crippen LogP contribution in [0.1, 0.15) is 80.0 Å². The number of ether oxygens (including phenoxy) is 3. The van der Waals surface area contributed by atoms with Crippen LogP contribution >= 0.6 is 0 Å². The van der Waals surface area contributed by atoms with Crippen LogP contribution in [0.15, 0.2) is 48.5 Å². The van der Waals surface area contributed by atoms with Crippen molar-refractivity contribution in [1.29, 1.82) is 0 Å². The summed E-state index contributed by atoms with van der Waals surface area (Å²) in [5.41, 5.74) is 0.375. The smallest absolute Gasteiger partial charge is 0.344 e. The van der Waals surface area contributed by atoms with Crippen LogP contribution in [0.5, 0.6) is 11.5 Å². The first-order valence-corrected chi connectivity index (χ1v) is 10.8. The summed E-state index contributed by atoms with van der Waals surface area (Å²) in [5, 5.41) is 0. The second-order valence-electron chi connectivity index (χ2n) is 7.45. The van der Waals surface area contributed by atoms with Crippen LogP contribution in [0.2, 0.25) is 0 Å². The number of hydrogen-bond acceptors (Lipinski definition) is 5. The van der Waals surface area contributed by atoms with E-state index in [4.69, 9.17) is 14.2 Å². The van der Waals surface area contributed by atoms with Gasteiger partial charge in [0.15, 0.2) is 11.5 Å². The minimum Gasteiger partial charge on any atom is -0.487 e. The number of carbonyl (C=O) groups excluding carboxylic acids is 2. The van der Waals surface area contributed by atoms with Crippen LogP contribution in [0, 0.1) is 0 Å². The predicted octanol–water partition coefficient (Wildman–Crippen LogP) is 6.21. The number of rotatable bonds is 12. The molecule has 0 aromatic heterocycles. The van der Waals surface area contributed by atoms with Gasteiger partial charge in [-0.15, -0.1) is 0 Å². The summed E-state index contributed by atoms with van der Waals surface area (Å²) in [4.78, 5) is 25.3. The molecule has 0 bridgehead atoms. The SMILES string of the molecule is CCCCCCCCOC(=O)c1ccccc1C(=O)Oc1ccccc1OC(C)C. The molecule has 0 N–H and O–H groups in total. The van der Waals surface area contributed by atoms with Crippen LogP contribution in [-0.2, 0) is 4.74 Å². The predicted molar refractivity (Wildman–Crippen MR) is 117 cm³/mol. The summed E-state index contributed by atoms with van der Waals surface area (Å²) >= 11 is 0. The zero-order valence-electron chi connectivity index (χ0n) is 18.2. The Morgan fingerprint density at radius 3 is 2.00 bits per heavy atom. The Balaban J connectivity index is 1.99. The van der Waals surface area contributed by atoms with Crippen LogP contribution in [0.25, 0.3) is 0 Å². The van der Waals surface area contributed by atoms with Crippen molar-refractivity contribution in [2.75, 3.05) is 6.61 Å². The van der Waals surface area contributed by atoms with Gasteiger partial charge in [-0.2, -0.15) is 0 Å². The van der Waals surface area contributed by atoms with Crippen molar-refractivity contribution >= 4 is 11.9 Å². The molecule has 30 heavy (non-hydrogen) atoms. The van der Waals surface area contributed by atoms with Crippen molar-refractivity contribution in [3.63, 3.8) is 0 Å². The van der Waals surface area contributed by atoms with Gasteiger partial charge in [-0.05, 0) is 44.5 Å². The first kappa shape index (κ1) is 23.5. The third kappa shape index (κ3) is 7.54. The topological polar surface area (TPSA) is 61.8 Å². The highest BCUT2D eigenvalue weighted by Gasteiger charge is 2.20. The molecule has 0 aliphatic rings. The summed E-state index contributed by atoms with van der Waals surface area (Å²) in [7, 11) is 0. The summed E-state index contributed by atoms with van der Waals surface area (Å²) in [6.07, 6.45) is 6.59. The Kier molecular flexibility index (Phi) is 9.92. The summed E-state index contributed by atoms with van der Waals surface area (Å²) < 4.78 is 16.6. The molecule has 2 aromatic carbocycles. The van der Waals surface area contributed by atoms with Gasteiger partial charge in [-0.3, -0.25) is 0 Å². The molecule has 0 amide bonds. The Morgan fingerprint density at radius 2 is 1.33 bits per heavy atom. The standard InChI is InChI=1S/C25H32O5/c1-4-5-6-7-8-13-18-28-24(26)20-14-9-10-15-21(20)25(27)30-23-17-12-11-16-22(23)29-19(2)3/h9-12,14-17,19H,4-8,13,18H2,1-3H3. The highest BCUT2D eigenvalue weighted by Crippen LogP contribution is 2.28. The second-order valence-corrected chi connectivity index (χ2v) is 7.45. The number of para-hydroxylation sites is 2. The summed E-state index contributed by atoms with van der Waals surface area (Å²) in [6, 6.07) is 13.5. The molecule has 5 nitrogen and oxygen atoms in total. The van der Waals surface area contributed by atoms with Crippen molar-refractivity contribution < 1.29 is 23.8 Å². The van der Waals surface area contributed by atoms with Gasteiger partial charge in [0.05, 0.1) is 23.8 Å².